The minimum absolute atomic E-state index is 0.183. The second kappa shape index (κ2) is 5.99. The lowest BCUT2D eigenvalue weighted by atomic mass is 9.80. The molecule has 1 saturated heterocycles. The number of primary amides is 1. The third-order valence-corrected chi connectivity index (χ3v) is 3.62. The van der Waals surface area contributed by atoms with Gasteiger partial charge in [0.2, 0.25) is 0 Å². The van der Waals surface area contributed by atoms with E-state index in [2.05, 4.69) is 10.3 Å². The number of rotatable bonds is 3. The van der Waals surface area contributed by atoms with Crippen LogP contribution in [0.2, 0.25) is 0 Å². The number of nitrogens with zero attached hydrogens (tertiary/aromatic N) is 2. The van der Waals surface area contributed by atoms with Crippen molar-refractivity contribution in [2.75, 3.05) is 13.1 Å². The monoisotopic (exact) mass is 334 g/mol. The maximum atomic E-state index is 13.0. The molecule has 11 heteroatoms. The molecule has 126 valence electrons. The van der Waals surface area contributed by atoms with Crippen molar-refractivity contribution in [3.05, 3.63) is 34.1 Å². The lowest BCUT2D eigenvalue weighted by Crippen LogP contribution is -2.54. The Morgan fingerprint density at radius 1 is 1.57 bits per heavy atom. The summed E-state index contributed by atoms with van der Waals surface area (Å²) in [7, 11) is 0. The van der Waals surface area contributed by atoms with Crippen LogP contribution in [0.3, 0.4) is 0 Å². The molecule has 0 spiro atoms. The molecule has 23 heavy (non-hydrogen) atoms. The van der Waals surface area contributed by atoms with Crippen LogP contribution in [0.25, 0.3) is 0 Å². The average molecular weight is 334 g/mol. The van der Waals surface area contributed by atoms with Gasteiger partial charge in [-0.3, -0.25) is 15.1 Å². The van der Waals surface area contributed by atoms with E-state index in [0.29, 0.717) is 0 Å². The summed E-state index contributed by atoms with van der Waals surface area (Å²) in [6, 6.07) is 1.15. The maximum absolute atomic E-state index is 13.0. The van der Waals surface area contributed by atoms with Gasteiger partial charge in [0.1, 0.15) is 6.20 Å². The zero-order valence-corrected chi connectivity index (χ0v) is 11.7. The van der Waals surface area contributed by atoms with E-state index in [-0.39, 0.29) is 18.7 Å². The van der Waals surface area contributed by atoms with E-state index in [9.17, 15) is 28.1 Å². The molecule has 0 unspecified atom stereocenters. The Kier molecular flexibility index (Phi) is 4.41. The van der Waals surface area contributed by atoms with Crippen LogP contribution in [0.4, 0.5) is 23.7 Å². The van der Waals surface area contributed by atoms with Gasteiger partial charge in [-0.15, -0.1) is 0 Å². The number of carbonyl (C=O) groups excluding carboxylic acids is 1. The Bertz CT molecular complexity index is 625. The number of aromatic nitrogens is 1. The minimum atomic E-state index is -4.55. The predicted molar refractivity (Wildman–Crippen MR) is 70.3 cm³/mol. The highest BCUT2D eigenvalue weighted by Gasteiger charge is 2.52. The third-order valence-electron chi connectivity index (χ3n) is 3.62. The largest absolute Gasteiger partial charge is 0.437 e. The van der Waals surface area contributed by atoms with Crippen LogP contribution in [0.15, 0.2) is 18.5 Å². The lowest BCUT2D eigenvalue weighted by Gasteiger charge is -2.40. The summed E-state index contributed by atoms with van der Waals surface area (Å²) in [5.74, 6) is -1.84. The molecule has 0 aliphatic carbocycles. The van der Waals surface area contributed by atoms with Crippen LogP contribution in [-0.2, 0) is 10.3 Å². The first-order valence-corrected chi connectivity index (χ1v) is 6.50. The van der Waals surface area contributed by atoms with Gasteiger partial charge in [-0.2, -0.15) is 13.2 Å². The van der Waals surface area contributed by atoms with Gasteiger partial charge in [0, 0.05) is 25.7 Å². The van der Waals surface area contributed by atoms with E-state index in [1.165, 1.54) is 6.20 Å². The summed E-state index contributed by atoms with van der Waals surface area (Å²) < 4.78 is 44.0. The van der Waals surface area contributed by atoms with Gasteiger partial charge < -0.3 is 15.8 Å². The van der Waals surface area contributed by atoms with Crippen molar-refractivity contribution >= 4 is 11.8 Å². The number of ether oxygens (including phenoxy) is 1. The number of alkyl halides is 3. The zero-order valence-electron chi connectivity index (χ0n) is 11.7. The molecule has 2 atom stereocenters. The third kappa shape index (κ3) is 3.50. The Morgan fingerprint density at radius 2 is 2.26 bits per heavy atom. The number of hydrogen-bond acceptors (Lipinski definition) is 6. The topological polar surface area (TPSA) is 120 Å². The highest BCUT2D eigenvalue weighted by atomic mass is 19.4. The standard InChI is InChI=1S/C12H13F3N4O4/c13-12(14,15)7-3-11(6-18-4-7,23-10(16)20)8-1-2-17-5-9(8)19(21)22/h1-2,5,7,18H,3-4,6H2,(H2,16,20)/t7-,11-/m1/s1. The second-order valence-electron chi connectivity index (χ2n) is 5.14. The van der Waals surface area contributed by atoms with Gasteiger partial charge in [-0.25, -0.2) is 4.79 Å². The van der Waals surface area contributed by atoms with Crippen LogP contribution in [0.5, 0.6) is 0 Å². The van der Waals surface area contributed by atoms with Gasteiger partial charge in [0.05, 0.1) is 16.4 Å². The smallest absolute Gasteiger partial charge is 0.405 e. The minimum Gasteiger partial charge on any atom is -0.437 e. The molecule has 1 aromatic rings. The lowest BCUT2D eigenvalue weighted by molar-refractivity contribution is -0.387. The van der Waals surface area contributed by atoms with Crippen molar-refractivity contribution in [2.45, 2.75) is 18.2 Å². The van der Waals surface area contributed by atoms with Crippen LogP contribution in [0.1, 0.15) is 12.0 Å². The molecule has 1 aliphatic heterocycles. The molecular weight excluding hydrogens is 321 g/mol. The number of amides is 1. The van der Waals surface area contributed by atoms with Crippen molar-refractivity contribution in [2.24, 2.45) is 11.7 Å². The molecular formula is C12H13F3N4O4. The predicted octanol–water partition coefficient (Wildman–Crippen LogP) is 1.45. The molecule has 0 aromatic carbocycles. The quantitative estimate of drug-likeness (QED) is 0.637. The van der Waals surface area contributed by atoms with E-state index in [0.717, 1.165) is 12.3 Å². The number of pyridine rings is 1. The number of hydrogen-bond donors (Lipinski definition) is 2. The molecule has 2 rings (SSSR count). The first-order valence-electron chi connectivity index (χ1n) is 6.50. The van der Waals surface area contributed by atoms with Crippen LogP contribution in [0, 0.1) is 16.0 Å². The summed E-state index contributed by atoms with van der Waals surface area (Å²) in [5, 5.41) is 13.6. The van der Waals surface area contributed by atoms with E-state index in [1.807, 2.05) is 0 Å². The Morgan fingerprint density at radius 3 is 2.83 bits per heavy atom. The van der Waals surface area contributed by atoms with Crippen molar-refractivity contribution in [1.29, 1.82) is 0 Å². The highest BCUT2D eigenvalue weighted by molar-refractivity contribution is 5.66. The SMILES string of the molecule is NC(=O)O[C@@]1(c2ccncc2[N+](=O)[O-])CNC[C@H](C(F)(F)F)C1. The average Bonchev–Trinajstić information content (AvgIpc) is 2.46. The summed E-state index contributed by atoms with van der Waals surface area (Å²) in [6.07, 6.45) is -4.48. The second-order valence-corrected chi connectivity index (χ2v) is 5.14. The van der Waals surface area contributed by atoms with E-state index >= 15 is 0 Å². The number of nitrogens with two attached hydrogens (primary N) is 1. The van der Waals surface area contributed by atoms with Gasteiger partial charge in [-0.05, 0) is 6.07 Å². The number of nitrogens with one attached hydrogen (secondary N) is 1. The summed E-state index contributed by atoms with van der Waals surface area (Å²) in [5.41, 5.74) is 2.35. The first-order chi connectivity index (χ1) is 10.7. The molecule has 0 bridgehead atoms. The van der Waals surface area contributed by atoms with Gasteiger partial charge in [0.15, 0.2) is 5.60 Å². The fourth-order valence-corrected chi connectivity index (χ4v) is 2.67. The zero-order chi connectivity index (χ0) is 17.3. The molecule has 0 radical (unpaired) electrons. The molecule has 1 fully saturated rings. The van der Waals surface area contributed by atoms with Crippen LogP contribution in [-0.4, -0.2) is 35.3 Å². The van der Waals surface area contributed by atoms with E-state index < -0.39 is 40.8 Å². The molecule has 3 N–H and O–H groups in total. The van der Waals surface area contributed by atoms with Gasteiger partial charge in [0.25, 0.3) is 5.69 Å². The Hall–Kier alpha value is -2.43. The highest BCUT2D eigenvalue weighted by Crippen LogP contribution is 2.43. The number of nitro groups is 1. The molecule has 1 aromatic heterocycles. The molecule has 8 nitrogen and oxygen atoms in total. The Balaban J connectivity index is 2.53. The molecule has 2 heterocycles. The summed E-state index contributed by atoms with van der Waals surface area (Å²) in [4.78, 5) is 25.1. The summed E-state index contributed by atoms with van der Waals surface area (Å²) >= 11 is 0. The van der Waals surface area contributed by atoms with Crippen molar-refractivity contribution < 1.29 is 27.6 Å². The van der Waals surface area contributed by atoms with Crippen LogP contribution < -0.4 is 11.1 Å². The van der Waals surface area contributed by atoms with E-state index in [1.54, 1.807) is 0 Å². The molecule has 0 saturated carbocycles. The fourth-order valence-electron chi connectivity index (χ4n) is 2.67. The normalized spacial score (nSPS) is 24.9. The number of piperidine rings is 1. The Labute approximate surface area is 128 Å². The molecule has 1 amide bonds. The van der Waals surface area contributed by atoms with Gasteiger partial charge in [-0.1, -0.05) is 0 Å². The number of halogens is 3. The van der Waals surface area contributed by atoms with Crippen molar-refractivity contribution in [3.8, 4) is 0 Å². The van der Waals surface area contributed by atoms with Gasteiger partial charge >= 0.3 is 12.3 Å². The van der Waals surface area contributed by atoms with Crippen molar-refractivity contribution in [3.63, 3.8) is 0 Å². The maximum Gasteiger partial charge on any atom is 0.405 e. The number of carbonyl (C=O) groups is 1. The summed E-state index contributed by atoms with van der Waals surface area (Å²) in [6.45, 7) is -0.611. The van der Waals surface area contributed by atoms with E-state index in [4.69, 9.17) is 10.5 Å². The van der Waals surface area contributed by atoms with Crippen LogP contribution >= 0.6 is 0 Å². The fraction of sp³-hybridized carbons (Fsp3) is 0.500. The molecule has 1 aliphatic rings. The first kappa shape index (κ1) is 16.9. The van der Waals surface area contributed by atoms with Crippen molar-refractivity contribution in [1.82, 2.24) is 10.3 Å².